The first kappa shape index (κ1) is 14.9. The van der Waals surface area contributed by atoms with Crippen molar-refractivity contribution in [3.63, 3.8) is 0 Å². The highest BCUT2D eigenvalue weighted by Gasteiger charge is 2.23. The Morgan fingerprint density at radius 2 is 2.14 bits per heavy atom. The molecule has 2 heterocycles. The average Bonchev–Trinajstić information content (AvgIpc) is 2.97. The van der Waals surface area contributed by atoms with Crippen LogP contribution in [0, 0.1) is 0 Å². The molecule has 3 nitrogen and oxygen atoms in total. The molecule has 2 atom stereocenters. The Balaban J connectivity index is 1.72. The third-order valence-electron chi connectivity index (χ3n) is 4.77. The van der Waals surface area contributed by atoms with Crippen molar-refractivity contribution < 1.29 is 4.74 Å². The van der Waals surface area contributed by atoms with E-state index < -0.39 is 0 Å². The SMILES string of the molecule is CCNC1CCCN(CCC2CCCO2)c2ccccc21. The maximum absolute atomic E-state index is 5.78. The highest BCUT2D eigenvalue weighted by Crippen LogP contribution is 2.33. The van der Waals surface area contributed by atoms with E-state index in [9.17, 15) is 0 Å². The second-order valence-electron chi connectivity index (χ2n) is 6.22. The van der Waals surface area contributed by atoms with E-state index in [0.29, 0.717) is 12.1 Å². The van der Waals surface area contributed by atoms with Gasteiger partial charge in [0.15, 0.2) is 0 Å². The Labute approximate surface area is 128 Å². The molecular formula is C18H28N2O. The summed E-state index contributed by atoms with van der Waals surface area (Å²) in [4.78, 5) is 2.58. The second-order valence-corrected chi connectivity index (χ2v) is 6.22. The lowest BCUT2D eigenvalue weighted by atomic mass is 10.0. The van der Waals surface area contributed by atoms with Gasteiger partial charge in [-0.15, -0.1) is 0 Å². The molecule has 0 amide bonds. The van der Waals surface area contributed by atoms with Crippen molar-refractivity contribution >= 4 is 5.69 Å². The molecule has 0 radical (unpaired) electrons. The van der Waals surface area contributed by atoms with Crippen molar-refractivity contribution in [1.82, 2.24) is 5.32 Å². The zero-order valence-corrected chi connectivity index (χ0v) is 13.2. The first-order valence-corrected chi connectivity index (χ1v) is 8.57. The van der Waals surface area contributed by atoms with Crippen LogP contribution >= 0.6 is 0 Å². The summed E-state index contributed by atoms with van der Waals surface area (Å²) in [6.07, 6.45) is 6.64. The lowest BCUT2D eigenvalue weighted by molar-refractivity contribution is 0.105. The van der Waals surface area contributed by atoms with Crippen LogP contribution in [0.15, 0.2) is 24.3 Å². The largest absolute Gasteiger partial charge is 0.378 e. The van der Waals surface area contributed by atoms with Crippen LogP contribution in [0.2, 0.25) is 0 Å². The number of anilines is 1. The molecule has 0 bridgehead atoms. The van der Waals surface area contributed by atoms with Gasteiger partial charge in [-0.1, -0.05) is 25.1 Å². The van der Waals surface area contributed by atoms with Gasteiger partial charge in [0.2, 0.25) is 0 Å². The van der Waals surface area contributed by atoms with Crippen LogP contribution in [0.5, 0.6) is 0 Å². The van der Waals surface area contributed by atoms with Crippen LogP contribution in [0.3, 0.4) is 0 Å². The fourth-order valence-electron chi connectivity index (χ4n) is 3.69. The van der Waals surface area contributed by atoms with Crippen molar-refractivity contribution in [1.29, 1.82) is 0 Å². The summed E-state index contributed by atoms with van der Waals surface area (Å²) >= 11 is 0. The van der Waals surface area contributed by atoms with Gasteiger partial charge < -0.3 is 15.0 Å². The Hall–Kier alpha value is -1.06. The zero-order chi connectivity index (χ0) is 14.5. The fourth-order valence-corrected chi connectivity index (χ4v) is 3.69. The highest BCUT2D eigenvalue weighted by molar-refractivity contribution is 5.55. The van der Waals surface area contributed by atoms with E-state index >= 15 is 0 Å². The molecule has 0 spiro atoms. The van der Waals surface area contributed by atoms with E-state index in [0.717, 1.165) is 19.7 Å². The molecule has 21 heavy (non-hydrogen) atoms. The highest BCUT2D eigenvalue weighted by atomic mass is 16.5. The number of fused-ring (bicyclic) bond motifs is 1. The van der Waals surface area contributed by atoms with Crippen molar-refractivity contribution in [3.8, 4) is 0 Å². The molecule has 1 saturated heterocycles. The Kier molecular flexibility index (Phi) is 5.15. The molecule has 0 aliphatic carbocycles. The number of rotatable bonds is 5. The number of hydrogen-bond acceptors (Lipinski definition) is 3. The molecule has 2 aliphatic rings. The van der Waals surface area contributed by atoms with E-state index in [-0.39, 0.29) is 0 Å². The van der Waals surface area contributed by atoms with Crippen LogP contribution in [-0.2, 0) is 4.74 Å². The molecule has 0 aromatic heterocycles. The van der Waals surface area contributed by atoms with Crippen molar-refractivity contribution in [2.24, 2.45) is 0 Å². The van der Waals surface area contributed by atoms with E-state index in [2.05, 4.69) is 41.4 Å². The molecule has 3 heteroatoms. The third-order valence-corrected chi connectivity index (χ3v) is 4.77. The molecule has 2 aliphatic heterocycles. The number of ether oxygens (including phenoxy) is 1. The van der Waals surface area contributed by atoms with Crippen LogP contribution < -0.4 is 10.2 Å². The molecule has 0 saturated carbocycles. The molecule has 1 aromatic carbocycles. The maximum atomic E-state index is 5.78. The monoisotopic (exact) mass is 288 g/mol. The average molecular weight is 288 g/mol. The van der Waals surface area contributed by atoms with Gasteiger partial charge in [0.1, 0.15) is 0 Å². The van der Waals surface area contributed by atoms with Gasteiger partial charge in [-0.05, 0) is 50.3 Å². The molecule has 1 aromatic rings. The van der Waals surface area contributed by atoms with Crippen molar-refractivity contribution in [2.45, 2.75) is 51.2 Å². The smallest absolute Gasteiger partial charge is 0.0592 e. The Bertz CT molecular complexity index is 443. The van der Waals surface area contributed by atoms with Crippen LogP contribution in [0.25, 0.3) is 0 Å². The number of nitrogens with one attached hydrogen (secondary N) is 1. The minimum atomic E-state index is 0.491. The van der Waals surface area contributed by atoms with E-state index in [1.54, 1.807) is 0 Å². The number of para-hydroxylation sites is 1. The third kappa shape index (κ3) is 3.58. The first-order chi connectivity index (χ1) is 10.4. The van der Waals surface area contributed by atoms with Gasteiger partial charge in [0.25, 0.3) is 0 Å². The summed E-state index contributed by atoms with van der Waals surface area (Å²) in [6, 6.07) is 9.45. The van der Waals surface area contributed by atoms with Gasteiger partial charge in [-0.25, -0.2) is 0 Å². The van der Waals surface area contributed by atoms with E-state index in [1.165, 1.54) is 49.9 Å². The first-order valence-electron chi connectivity index (χ1n) is 8.57. The summed E-state index contributed by atoms with van der Waals surface area (Å²) in [5, 5.41) is 3.65. The van der Waals surface area contributed by atoms with Gasteiger partial charge in [0, 0.05) is 31.4 Å². The predicted molar refractivity (Wildman–Crippen MR) is 87.9 cm³/mol. The molecule has 116 valence electrons. The van der Waals surface area contributed by atoms with Gasteiger partial charge >= 0.3 is 0 Å². The normalized spacial score (nSPS) is 25.7. The molecule has 1 fully saturated rings. The minimum Gasteiger partial charge on any atom is -0.378 e. The maximum Gasteiger partial charge on any atom is 0.0592 e. The van der Waals surface area contributed by atoms with Gasteiger partial charge in [0.05, 0.1) is 6.10 Å². The zero-order valence-electron chi connectivity index (χ0n) is 13.2. The lowest BCUT2D eigenvalue weighted by Crippen LogP contribution is -2.28. The van der Waals surface area contributed by atoms with Crippen LogP contribution in [-0.4, -0.2) is 32.3 Å². The molecule has 2 unspecified atom stereocenters. The standard InChI is InChI=1S/C18H28N2O/c1-2-19-17-9-5-12-20(13-11-15-7-6-14-21-15)18-10-4-3-8-16(17)18/h3-4,8,10,15,17,19H,2,5-7,9,11-14H2,1H3. The van der Waals surface area contributed by atoms with Gasteiger partial charge in [-0.2, -0.15) is 0 Å². The van der Waals surface area contributed by atoms with Crippen molar-refractivity contribution in [2.75, 3.05) is 31.1 Å². The van der Waals surface area contributed by atoms with E-state index in [1.807, 2.05) is 0 Å². The molecule has 1 N–H and O–H groups in total. The molecular weight excluding hydrogens is 260 g/mol. The fraction of sp³-hybridized carbons (Fsp3) is 0.667. The minimum absolute atomic E-state index is 0.491. The number of benzene rings is 1. The summed E-state index contributed by atoms with van der Waals surface area (Å²) in [5.74, 6) is 0. The predicted octanol–water partition coefficient (Wildman–Crippen LogP) is 3.51. The summed E-state index contributed by atoms with van der Waals surface area (Å²) in [5.41, 5.74) is 2.91. The van der Waals surface area contributed by atoms with Crippen molar-refractivity contribution in [3.05, 3.63) is 29.8 Å². The topological polar surface area (TPSA) is 24.5 Å². The Morgan fingerprint density at radius 3 is 2.95 bits per heavy atom. The molecule has 3 rings (SSSR count). The quantitative estimate of drug-likeness (QED) is 0.897. The van der Waals surface area contributed by atoms with Gasteiger partial charge in [-0.3, -0.25) is 0 Å². The van der Waals surface area contributed by atoms with E-state index in [4.69, 9.17) is 4.74 Å². The second kappa shape index (κ2) is 7.28. The van der Waals surface area contributed by atoms with Crippen LogP contribution in [0.1, 0.15) is 50.6 Å². The lowest BCUT2D eigenvalue weighted by Gasteiger charge is -2.27. The summed E-state index contributed by atoms with van der Waals surface area (Å²) < 4.78 is 5.78. The summed E-state index contributed by atoms with van der Waals surface area (Å²) in [7, 11) is 0. The Morgan fingerprint density at radius 1 is 1.24 bits per heavy atom. The van der Waals surface area contributed by atoms with Crippen LogP contribution in [0.4, 0.5) is 5.69 Å². The summed E-state index contributed by atoms with van der Waals surface area (Å²) in [6.45, 7) is 6.49. The number of nitrogens with zero attached hydrogens (tertiary/aromatic N) is 1. The number of hydrogen-bond donors (Lipinski definition) is 1.